The first-order valence-electron chi connectivity index (χ1n) is 8.00. The Morgan fingerprint density at radius 1 is 1.12 bits per heavy atom. The normalized spacial score (nSPS) is 10.8. The van der Waals surface area contributed by atoms with Gasteiger partial charge in [-0.25, -0.2) is 4.98 Å². The van der Waals surface area contributed by atoms with E-state index >= 15 is 0 Å². The average Bonchev–Trinajstić information content (AvgIpc) is 3.08. The van der Waals surface area contributed by atoms with Crippen molar-refractivity contribution < 1.29 is 9.21 Å². The number of rotatable bonds is 3. The summed E-state index contributed by atoms with van der Waals surface area (Å²) in [5.74, 6) is 0.301. The number of aryl methyl sites for hydroxylation is 1. The molecule has 0 saturated carbocycles. The summed E-state index contributed by atoms with van der Waals surface area (Å²) >= 11 is 3.37. The largest absolute Gasteiger partial charge is 0.434 e. The molecule has 4 rings (SSSR count). The summed E-state index contributed by atoms with van der Waals surface area (Å²) < 4.78 is 6.69. The molecule has 0 unspecified atom stereocenters. The van der Waals surface area contributed by atoms with E-state index in [0.717, 1.165) is 15.6 Å². The summed E-state index contributed by atoms with van der Waals surface area (Å²) in [6.45, 7) is 1.94. The van der Waals surface area contributed by atoms with Crippen molar-refractivity contribution in [1.29, 1.82) is 0 Å². The number of amides is 1. The molecule has 4 aromatic rings. The highest BCUT2D eigenvalue weighted by Gasteiger charge is 2.12. The molecule has 0 aliphatic heterocycles. The van der Waals surface area contributed by atoms with Crippen molar-refractivity contribution >= 4 is 38.8 Å². The number of anilines is 1. The van der Waals surface area contributed by atoms with Crippen LogP contribution in [0.3, 0.4) is 0 Å². The van der Waals surface area contributed by atoms with Crippen molar-refractivity contribution in [2.45, 2.75) is 6.92 Å². The summed E-state index contributed by atoms with van der Waals surface area (Å²) in [6.07, 6.45) is 1.67. The number of halogens is 1. The number of carbonyl (C=O) groups is 1. The fourth-order valence-corrected chi connectivity index (χ4v) is 2.84. The van der Waals surface area contributed by atoms with E-state index in [1.165, 1.54) is 0 Å². The van der Waals surface area contributed by atoms with Crippen LogP contribution in [0.15, 0.2) is 69.7 Å². The van der Waals surface area contributed by atoms with Crippen LogP contribution in [0, 0.1) is 6.92 Å². The number of hydrogen-bond acceptors (Lipinski definition) is 4. The molecule has 0 bridgehead atoms. The van der Waals surface area contributed by atoms with Crippen molar-refractivity contribution in [1.82, 2.24) is 9.97 Å². The third-order valence-electron chi connectivity index (χ3n) is 4.00. The first-order valence-corrected chi connectivity index (χ1v) is 8.79. The van der Waals surface area contributed by atoms with Crippen molar-refractivity contribution in [3.63, 3.8) is 0 Å². The smallest absolute Gasteiger partial charge is 0.255 e. The lowest BCUT2D eigenvalue weighted by Gasteiger charge is -2.10. The first-order chi connectivity index (χ1) is 12.6. The Balaban J connectivity index is 1.65. The number of carbonyl (C=O) groups excluding carboxylic acids is 1. The zero-order chi connectivity index (χ0) is 18.1. The van der Waals surface area contributed by atoms with Crippen LogP contribution in [0.5, 0.6) is 0 Å². The number of hydrogen-bond donors (Lipinski definition) is 1. The standard InChI is InChI=1S/C20H14BrN3O2/c1-12-4-5-14(20-24-18-17(26-20)3-2-10-22-18)11-16(12)23-19(25)13-6-8-15(21)9-7-13/h2-11H,1H3,(H,23,25). The van der Waals surface area contributed by atoms with E-state index in [2.05, 4.69) is 31.2 Å². The topological polar surface area (TPSA) is 68.0 Å². The SMILES string of the molecule is Cc1ccc(-c2nc3ncccc3o2)cc1NC(=O)c1ccc(Br)cc1. The Hall–Kier alpha value is -2.99. The highest BCUT2D eigenvalue weighted by molar-refractivity contribution is 9.10. The fourth-order valence-electron chi connectivity index (χ4n) is 2.58. The molecular weight excluding hydrogens is 394 g/mol. The minimum absolute atomic E-state index is 0.169. The molecule has 0 saturated heterocycles. The number of nitrogens with zero attached hydrogens (tertiary/aromatic N) is 2. The maximum atomic E-state index is 12.5. The average molecular weight is 408 g/mol. The second-order valence-corrected chi connectivity index (χ2v) is 6.75. The Morgan fingerprint density at radius 3 is 2.69 bits per heavy atom. The minimum atomic E-state index is -0.169. The second-order valence-electron chi connectivity index (χ2n) is 5.83. The van der Waals surface area contributed by atoms with Crippen molar-refractivity contribution in [2.24, 2.45) is 0 Å². The number of pyridine rings is 1. The Bertz CT molecular complexity index is 1070. The molecule has 26 heavy (non-hydrogen) atoms. The van der Waals surface area contributed by atoms with Crippen LogP contribution in [-0.4, -0.2) is 15.9 Å². The van der Waals surface area contributed by atoms with Crippen LogP contribution in [0.4, 0.5) is 5.69 Å². The lowest BCUT2D eigenvalue weighted by atomic mass is 10.1. The molecule has 5 nitrogen and oxygen atoms in total. The van der Waals surface area contributed by atoms with Gasteiger partial charge in [-0.2, -0.15) is 4.98 Å². The van der Waals surface area contributed by atoms with Crippen LogP contribution in [-0.2, 0) is 0 Å². The molecule has 0 aliphatic carbocycles. The molecule has 2 aromatic heterocycles. The third-order valence-corrected chi connectivity index (χ3v) is 4.53. The predicted octanol–water partition coefficient (Wildman–Crippen LogP) is 5.21. The van der Waals surface area contributed by atoms with Crippen LogP contribution in [0.25, 0.3) is 22.7 Å². The van der Waals surface area contributed by atoms with Crippen LogP contribution < -0.4 is 5.32 Å². The maximum absolute atomic E-state index is 12.5. The molecule has 0 spiro atoms. The molecule has 0 fully saturated rings. The molecular formula is C20H14BrN3O2. The van der Waals surface area contributed by atoms with Crippen molar-refractivity contribution in [2.75, 3.05) is 5.32 Å². The fraction of sp³-hybridized carbons (Fsp3) is 0.0500. The van der Waals surface area contributed by atoms with Gasteiger partial charge < -0.3 is 9.73 Å². The van der Waals surface area contributed by atoms with Gasteiger partial charge in [0.2, 0.25) is 5.89 Å². The number of benzene rings is 2. The second kappa shape index (κ2) is 6.72. The highest BCUT2D eigenvalue weighted by Crippen LogP contribution is 2.27. The van der Waals surface area contributed by atoms with Gasteiger partial charge in [0.1, 0.15) is 0 Å². The number of aromatic nitrogens is 2. The number of fused-ring (bicyclic) bond motifs is 1. The van der Waals surface area contributed by atoms with Gasteiger partial charge in [-0.15, -0.1) is 0 Å². The van der Waals surface area contributed by atoms with Gasteiger partial charge in [-0.3, -0.25) is 4.79 Å². The molecule has 128 valence electrons. The quantitative estimate of drug-likeness (QED) is 0.505. The lowest BCUT2D eigenvalue weighted by molar-refractivity contribution is 0.102. The lowest BCUT2D eigenvalue weighted by Crippen LogP contribution is -2.12. The molecule has 6 heteroatoms. The van der Waals surface area contributed by atoms with E-state index < -0.39 is 0 Å². The van der Waals surface area contributed by atoms with E-state index in [9.17, 15) is 4.79 Å². The van der Waals surface area contributed by atoms with Gasteiger partial charge in [-0.05, 0) is 61.0 Å². The Kier molecular flexibility index (Phi) is 4.26. The van der Waals surface area contributed by atoms with Crippen molar-refractivity contribution in [3.05, 3.63) is 76.4 Å². The number of nitrogens with one attached hydrogen (secondary N) is 1. The van der Waals surface area contributed by atoms with E-state index in [1.807, 2.05) is 43.3 Å². The van der Waals surface area contributed by atoms with E-state index in [4.69, 9.17) is 4.42 Å². The Labute approximate surface area is 158 Å². The monoisotopic (exact) mass is 407 g/mol. The van der Waals surface area contributed by atoms with Crippen molar-refractivity contribution in [3.8, 4) is 11.5 Å². The molecule has 2 aromatic carbocycles. The molecule has 0 atom stereocenters. The zero-order valence-corrected chi connectivity index (χ0v) is 15.4. The summed E-state index contributed by atoms with van der Waals surface area (Å²) in [6, 6.07) is 16.5. The van der Waals surface area contributed by atoms with E-state index in [0.29, 0.717) is 28.4 Å². The van der Waals surface area contributed by atoms with Gasteiger partial charge in [0.15, 0.2) is 11.2 Å². The maximum Gasteiger partial charge on any atom is 0.255 e. The predicted molar refractivity (Wildman–Crippen MR) is 104 cm³/mol. The van der Waals surface area contributed by atoms with Gasteiger partial charge in [0, 0.05) is 27.5 Å². The van der Waals surface area contributed by atoms with E-state index in [1.54, 1.807) is 24.4 Å². The van der Waals surface area contributed by atoms with Gasteiger partial charge >= 0.3 is 0 Å². The Morgan fingerprint density at radius 2 is 1.92 bits per heavy atom. The molecule has 0 radical (unpaired) electrons. The van der Waals surface area contributed by atoms with Gasteiger partial charge in [0.25, 0.3) is 5.91 Å². The zero-order valence-electron chi connectivity index (χ0n) is 13.9. The van der Waals surface area contributed by atoms with Crippen LogP contribution in [0.2, 0.25) is 0 Å². The highest BCUT2D eigenvalue weighted by atomic mass is 79.9. The molecule has 2 heterocycles. The van der Waals surface area contributed by atoms with Gasteiger partial charge in [0.05, 0.1) is 0 Å². The molecule has 1 amide bonds. The number of oxazole rings is 1. The summed E-state index contributed by atoms with van der Waals surface area (Å²) in [7, 11) is 0. The minimum Gasteiger partial charge on any atom is -0.434 e. The van der Waals surface area contributed by atoms with Crippen LogP contribution in [0.1, 0.15) is 15.9 Å². The van der Waals surface area contributed by atoms with Crippen LogP contribution >= 0.6 is 15.9 Å². The summed E-state index contributed by atoms with van der Waals surface area (Å²) in [5, 5.41) is 2.95. The van der Waals surface area contributed by atoms with Gasteiger partial charge in [-0.1, -0.05) is 22.0 Å². The molecule has 1 N–H and O–H groups in total. The molecule has 0 aliphatic rings. The first kappa shape index (κ1) is 16.5. The third kappa shape index (κ3) is 3.23. The summed E-state index contributed by atoms with van der Waals surface area (Å²) in [5.41, 5.74) is 4.22. The van der Waals surface area contributed by atoms with E-state index in [-0.39, 0.29) is 5.91 Å². The summed E-state index contributed by atoms with van der Waals surface area (Å²) in [4.78, 5) is 21.1.